The molecule has 0 unspecified atom stereocenters. The summed E-state index contributed by atoms with van der Waals surface area (Å²) in [5.74, 6) is 0.236. The first-order chi connectivity index (χ1) is 8.79. The van der Waals surface area contributed by atoms with Crippen molar-refractivity contribution in [2.45, 2.75) is 30.9 Å². The van der Waals surface area contributed by atoms with Crippen LogP contribution in [-0.4, -0.2) is 18.4 Å². The third-order valence-corrected chi connectivity index (χ3v) is 6.21. The molecule has 2 aromatic rings. The summed E-state index contributed by atoms with van der Waals surface area (Å²) in [6.45, 7) is 5.51. The zero-order chi connectivity index (χ0) is 14.2. The van der Waals surface area contributed by atoms with Gasteiger partial charge in [0.2, 0.25) is 0 Å². The van der Waals surface area contributed by atoms with Gasteiger partial charge >= 0.3 is 4.87 Å². The number of aryl methyl sites for hydroxylation is 1. The fourth-order valence-corrected chi connectivity index (χ4v) is 4.83. The van der Waals surface area contributed by atoms with Crippen molar-refractivity contribution in [3.05, 3.63) is 26.4 Å². The number of anilines is 1. The molecule has 0 aliphatic heterocycles. The maximum atomic E-state index is 12.1. The van der Waals surface area contributed by atoms with Gasteiger partial charge in [-0.25, -0.2) is 13.4 Å². The van der Waals surface area contributed by atoms with Crippen molar-refractivity contribution in [2.24, 2.45) is 0 Å². The Morgan fingerprint density at radius 2 is 2.11 bits per heavy atom. The van der Waals surface area contributed by atoms with E-state index in [-0.39, 0.29) is 15.0 Å². The summed E-state index contributed by atoms with van der Waals surface area (Å²) in [4.78, 5) is 17.4. The fraction of sp³-hybridized carbons (Fsp3) is 0.400. The molecule has 0 amide bonds. The Hall–Kier alpha value is -1.19. The number of sulfonamides is 1. The quantitative estimate of drug-likeness (QED) is 0.903. The van der Waals surface area contributed by atoms with Crippen molar-refractivity contribution >= 4 is 37.8 Å². The van der Waals surface area contributed by atoms with E-state index < -0.39 is 10.0 Å². The van der Waals surface area contributed by atoms with Gasteiger partial charge in [0.05, 0.1) is 5.69 Å². The van der Waals surface area contributed by atoms with E-state index in [1.807, 2.05) is 19.2 Å². The van der Waals surface area contributed by atoms with Gasteiger partial charge < -0.3 is 4.98 Å². The first-order valence-corrected chi connectivity index (χ1v) is 8.65. The Labute approximate surface area is 118 Å². The molecule has 0 spiro atoms. The van der Waals surface area contributed by atoms with E-state index >= 15 is 0 Å². The van der Waals surface area contributed by atoms with Gasteiger partial charge in [-0.3, -0.25) is 9.52 Å². The van der Waals surface area contributed by atoms with Gasteiger partial charge in [0, 0.05) is 11.1 Å². The van der Waals surface area contributed by atoms with Crippen LogP contribution in [0.15, 0.2) is 14.4 Å². The highest BCUT2D eigenvalue weighted by molar-refractivity contribution is 7.94. The van der Waals surface area contributed by atoms with E-state index in [0.717, 1.165) is 5.69 Å². The second-order valence-corrected chi connectivity index (χ2v) is 7.98. The van der Waals surface area contributed by atoms with Crippen LogP contribution in [0.3, 0.4) is 0 Å². The molecule has 0 saturated carbocycles. The highest BCUT2D eigenvalue weighted by Crippen LogP contribution is 2.25. The lowest BCUT2D eigenvalue weighted by Crippen LogP contribution is -2.12. The summed E-state index contributed by atoms with van der Waals surface area (Å²) >= 11 is 1.90. The van der Waals surface area contributed by atoms with Crippen LogP contribution in [0, 0.1) is 6.92 Å². The summed E-state index contributed by atoms with van der Waals surface area (Å²) < 4.78 is 26.6. The number of hydrogen-bond acceptors (Lipinski definition) is 6. The number of rotatable bonds is 4. The minimum absolute atomic E-state index is 0.00111. The zero-order valence-electron chi connectivity index (χ0n) is 10.6. The Morgan fingerprint density at radius 1 is 1.42 bits per heavy atom. The summed E-state index contributed by atoms with van der Waals surface area (Å²) in [5.41, 5.74) is 1.17. The topological polar surface area (TPSA) is 91.9 Å². The smallest absolute Gasteiger partial charge is 0.306 e. The molecule has 0 aliphatic carbocycles. The van der Waals surface area contributed by atoms with Crippen LogP contribution in [0.5, 0.6) is 0 Å². The van der Waals surface area contributed by atoms with Crippen LogP contribution < -0.4 is 9.60 Å². The number of nitrogens with one attached hydrogen (secondary N) is 2. The van der Waals surface area contributed by atoms with Crippen LogP contribution in [0.25, 0.3) is 0 Å². The third-order valence-electron chi connectivity index (χ3n) is 2.36. The first-order valence-electron chi connectivity index (χ1n) is 5.47. The van der Waals surface area contributed by atoms with Crippen molar-refractivity contribution in [1.29, 1.82) is 0 Å². The van der Waals surface area contributed by atoms with Crippen LogP contribution in [0.2, 0.25) is 0 Å². The predicted octanol–water partition coefficient (Wildman–Crippen LogP) is 2.13. The first kappa shape index (κ1) is 14.2. The second kappa shape index (κ2) is 5.06. The van der Waals surface area contributed by atoms with Crippen LogP contribution >= 0.6 is 22.7 Å². The lowest BCUT2D eigenvalue weighted by Gasteiger charge is -2.03. The van der Waals surface area contributed by atoms with E-state index in [2.05, 4.69) is 14.7 Å². The molecule has 0 radical (unpaired) electrons. The number of hydrogen-bond donors (Lipinski definition) is 2. The molecular weight excluding hydrogens is 306 g/mol. The molecule has 9 heteroatoms. The van der Waals surface area contributed by atoms with Crippen molar-refractivity contribution in [1.82, 2.24) is 9.97 Å². The summed E-state index contributed by atoms with van der Waals surface area (Å²) in [6.07, 6.45) is 0. The molecule has 2 aromatic heterocycles. The maximum Gasteiger partial charge on any atom is 0.306 e. The molecule has 0 aromatic carbocycles. The summed E-state index contributed by atoms with van der Waals surface area (Å²) in [6, 6.07) is 0. The molecule has 0 fully saturated rings. The van der Waals surface area contributed by atoms with Crippen LogP contribution in [-0.2, 0) is 10.0 Å². The zero-order valence-corrected chi connectivity index (χ0v) is 13.0. The second-order valence-electron chi connectivity index (χ2n) is 4.26. The van der Waals surface area contributed by atoms with E-state index in [4.69, 9.17) is 0 Å². The maximum absolute atomic E-state index is 12.1. The normalized spacial score (nSPS) is 12.0. The fourth-order valence-electron chi connectivity index (χ4n) is 1.41. The Bertz CT molecular complexity index is 739. The average molecular weight is 319 g/mol. The van der Waals surface area contributed by atoms with Crippen molar-refractivity contribution in [2.75, 3.05) is 4.72 Å². The van der Waals surface area contributed by atoms with Crippen molar-refractivity contribution in [3.63, 3.8) is 0 Å². The lowest BCUT2D eigenvalue weighted by molar-refractivity contribution is 0.602. The highest BCUT2D eigenvalue weighted by atomic mass is 32.2. The van der Waals surface area contributed by atoms with Gasteiger partial charge in [-0.1, -0.05) is 25.2 Å². The molecule has 2 N–H and O–H groups in total. The lowest BCUT2D eigenvalue weighted by atomic mass is 10.2. The molecule has 0 aliphatic rings. The Morgan fingerprint density at radius 3 is 2.58 bits per heavy atom. The highest BCUT2D eigenvalue weighted by Gasteiger charge is 2.22. The minimum atomic E-state index is -3.75. The van der Waals surface area contributed by atoms with Gasteiger partial charge in [-0.2, -0.15) is 0 Å². The van der Waals surface area contributed by atoms with Crippen LogP contribution in [0.4, 0.5) is 5.13 Å². The molecule has 19 heavy (non-hydrogen) atoms. The number of nitrogens with zero attached hydrogens (tertiary/aromatic N) is 1. The Balaban J connectivity index is 2.31. The Kier molecular flexibility index (Phi) is 3.79. The molecular formula is C10H13N3O3S3. The largest absolute Gasteiger partial charge is 0.315 e. The standard InChI is InChI=1S/C10H13N3O3S3/c1-5(2)7-4-17-9(12-7)13-19(15,16)8-6(3)11-10(14)18-8/h4-5H,1-3H3,(H,11,14)(H,12,13). The molecule has 0 saturated heterocycles. The van der Waals surface area contributed by atoms with E-state index in [1.54, 1.807) is 6.92 Å². The van der Waals surface area contributed by atoms with Gasteiger partial charge in [0.15, 0.2) is 9.34 Å². The molecule has 2 rings (SSSR count). The number of thiazole rings is 2. The van der Waals surface area contributed by atoms with Crippen LogP contribution in [0.1, 0.15) is 31.2 Å². The van der Waals surface area contributed by atoms with Gasteiger partial charge in [-0.05, 0) is 12.8 Å². The van der Waals surface area contributed by atoms with Crippen molar-refractivity contribution in [3.8, 4) is 0 Å². The summed E-state index contributed by atoms with van der Waals surface area (Å²) in [7, 11) is -3.75. The van der Waals surface area contributed by atoms with E-state index in [9.17, 15) is 13.2 Å². The monoisotopic (exact) mass is 319 g/mol. The van der Waals surface area contributed by atoms with E-state index in [1.165, 1.54) is 11.3 Å². The number of aromatic nitrogens is 2. The predicted molar refractivity (Wildman–Crippen MR) is 76.7 cm³/mol. The number of H-pyrrole nitrogens is 1. The van der Waals surface area contributed by atoms with Crippen molar-refractivity contribution < 1.29 is 8.42 Å². The SMILES string of the molecule is Cc1[nH]c(=O)sc1S(=O)(=O)Nc1nc(C(C)C)cs1. The molecule has 0 bridgehead atoms. The molecule has 6 nitrogen and oxygen atoms in total. The average Bonchev–Trinajstić information content (AvgIpc) is 2.85. The molecule has 104 valence electrons. The van der Waals surface area contributed by atoms with Gasteiger partial charge in [0.25, 0.3) is 10.0 Å². The van der Waals surface area contributed by atoms with Gasteiger partial charge in [-0.15, -0.1) is 11.3 Å². The molecule has 2 heterocycles. The summed E-state index contributed by atoms with van der Waals surface area (Å²) in [5, 5.41) is 2.12. The molecule has 0 atom stereocenters. The minimum Gasteiger partial charge on any atom is -0.315 e. The number of aromatic amines is 1. The van der Waals surface area contributed by atoms with Gasteiger partial charge in [0.1, 0.15) is 0 Å². The van der Waals surface area contributed by atoms with E-state index in [0.29, 0.717) is 22.2 Å². The third kappa shape index (κ3) is 3.04.